The lowest BCUT2D eigenvalue weighted by molar-refractivity contribution is 0.102. The molecule has 0 saturated heterocycles. The molecule has 2 N–H and O–H groups in total. The molecule has 1 aliphatic rings. The third-order valence-electron chi connectivity index (χ3n) is 4.18. The number of carbonyl (C=O) groups is 1. The molecule has 5 nitrogen and oxygen atoms in total. The number of benzene rings is 1. The summed E-state index contributed by atoms with van der Waals surface area (Å²) in [5.74, 6) is 0.223. The highest BCUT2D eigenvalue weighted by atomic mass is 19.1. The number of carbonyl (C=O) groups excluding carboxylic acids is 1. The highest BCUT2D eigenvalue weighted by Crippen LogP contribution is 2.35. The maximum atomic E-state index is 13.0. The van der Waals surface area contributed by atoms with Crippen LogP contribution in [-0.4, -0.2) is 20.4 Å². The highest BCUT2D eigenvalue weighted by molar-refractivity contribution is 6.08. The summed E-state index contributed by atoms with van der Waals surface area (Å²) in [6.45, 7) is 2.12. The minimum Gasteiger partial charge on any atom is -0.364 e. The standard InChI is InChI=1S/C17H15FN4O/c1-10-8-14-15(16-19-6-7-22(10)16)13(9-20-14)17(23)21-12-4-2-11(18)3-5-12/h2-7,9-10,20H,8H2,1H3,(H,21,23)/t10-/m1/s1. The molecule has 0 spiro atoms. The molecule has 2 aromatic heterocycles. The molecule has 0 aliphatic carbocycles. The van der Waals surface area contributed by atoms with Gasteiger partial charge in [0, 0.05) is 42.4 Å². The highest BCUT2D eigenvalue weighted by Gasteiger charge is 2.28. The predicted molar refractivity (Wildman–Crippen MR) is 84.8 cm³/mol. The Morgan fingerprint density at radius 2 is 2.17 bits per heavy atom. The summed E-state index contributed by atoms with van der Waals surface area (Å²) >= 11 is 0. The van der Waals surface area contributed by atoms with Crippen LogP contribution in [0.1, 0.15) is 29.0 Å². The van der Waals surface area contributed by atoms with Gasteiger partial charge in [0.1, 0.15) is 11.6 Å². The number of aromatic nitrogens is 3. The van der Waals surface area contributed by atoms with Crippen molar-refractivity contribution in [2.24, 2.45) is 0 Å². The van der Waals surface area contributed by atoms with Crippen LogP contribution in [0.3, 0.4) is 0 Å². The number of halogens is 1. The van der Waals surface area contributed by atoms with Gasteiger partial charge in [-0.15, -0.1) is 0 Å². The average molecular weight is 310 g/mol. The zero-order chi connectivity index (χ0) is 16.0. The van der Waals surface area contributed by atoms with Gasteiger partial charge in [-0.2, -0.15) is 0 Å². The fraction of sp³-hybridized carbons (Fsp3) is 0.176. The van der Waals surface area contributed by atoms with Crippen LogP contribution in [-0.2, 0) is 6.42 Å². The summed E-state index contributed by atoms with van der Waals surface area (Å²) in [6.07, 6.45) is 6.20. The van der Waals surface area contributed by atoms with E-state index in [0.717, 1.165) is 23.5 Å². The van der Waals surface area contributed by atoms with Crippen molar-refractivity contribution in [2.75, 3.05) is 5.32 Å². The molecular weight excluding hydrogens is 295 g/mol. The van der Waals surface area contributed by atoms with Crippen molar-refractivity contribution in [3.8, 4) is 11.4 Å². The number of fused-ring (bicyclic) bond motifs is 3. The summed E-state index contributed by atoms with van der Waals surface area (Å²) in [5.41, 5.74) is 2.95. The number of hydrogen-bond acceptors (Lipinski definition) is 2. The molecule has 0 saturated carbocycles. The molecular formula is C17H15FN4O. The molecule has 0 unspecified atom stereocenters. The average Bonchev–Trinajstić information content (AvgIpc) is 3.15. The molecule has 0 bridgehead atoms. The number of H-pyrrole nitrogens is 1. The van der Waals surface area contributed by atoms with E-state index in [1.54, 1.807) is 12.4 Å². The quantitative estimate of drug-likeness (QED) is 0.762. The third-order valence-corrected chi connectivity index (χ3v) is 4.18. The van der Waals surface area contributed by atoms with Crippen LogP contribution >= 0.6 is 0 Å². The second-order valence-electron chi connectivity index (χ2n) is 5.73. The van der Waals surface area contributed by atoms with Crippen LogP contribution in [0, 0.1) is 5.82 Å². The summed E-state index contributed by atoms with van der Waals surface area (Å²) in [6, 6.07) is 6.00. The molecule has 0 fully saturated rings. The third kappa shape index (κ3) is 2.23. The monoisotopic (exact) mass is 310 g/mol. The Labute approximate surface area is 132 Å². The van der Waals surface area contributed by atoms with Gasteiger partial charge in [0.05, 0.1) is 11.1 Å². The van der Waals surface area contributed by atoms with E-state index in [0.29, 0.717) is 17.3 Å². The normalized spacial score (nSPS) is 15.8. The Bertz CT molecular complexity index is 878. The summed E-state index contributed by atoms with van der Waals surface area (Å²) in [7, 11) is 0. The smallest absolute Gasteiger partial charge is 0.257 e. The molecule has 0 radical (unpaired) electrons. The molecule has 1 atom stereocenters. The molecule has 1 aromatic carbocycles. The van der Waals surface area contributed by atoms with Gasteiger partial charge < -0.3 is 14.9 Å². The van der Waals surface area contributed by atoms with Crippen molar-refractivity contribution in [1.29, 1.82) is 0 Å². The first-order valence-corrected chi connectivity index (χ1v) is 7.44. The molecule has 116 valence electrons. The SMILES string of the molecule is C[C@@H]1Cc2[nH]cc(C(=O)Nc3ccc(F)cc3)c2-c2nccn21. The fourth-order valence-electron chi connectivity index (χ4n) is 3.05. The lowest BCUT2D eigenvalue weighted by atomic mass is 10.0. The Balaban J connectivity index is 1.70. The van der Waals surface area contributed by atoms with Crippen molar-refractivity contribution >= 4 is 11.6 Å². The second kappa shape index (κ2) is 5.08. The fourth-order valence-corrected chi connectivity index (χ4v) is 3.05. The lowest BCUT2D eigenvalue weighted by Crippen LogP contribution is -2.18. The van der Waals surface area contributed by atoms with Gasteiger partial charge in [0.15, 0.2) is 0 Å². The minimum absolute atomic E-state index is 0.238. The number of imidazole rings is 1. The number of amides is 1. The number of rotatable bonds is 2. The number of nitrogens with one attached hydrogen (secondary N) is 2. The summed E-state index contributed by atoms with van der Waals surface area (Å²) < 4.78 is 15.0. The Morgan fingerprint density at radius 1 is 1.39 bits per heavy atom. The second-order valence-corrected chi connectivity index (χ2v) is 5.73. The molecule has 1 aliphatic heterocycles. The van der Waals surface area contributed by atoms with Gasteiger partial charge in [-0.1, -0.05) is 0 Å². The molecule has 4 rings (SSSR count). The maximum Gasteiger partial charge on any atom is 0.257 e. The van der Waals surface area contributed by atoms with Crippen LogP contribution < -0.4 is 5.32 Å². The Kier molecular flexibility index (Phi) is 3.04. The van der Waals surface area contributed by atoms with Gasteiger partial charge in [-0.25, -0.2) is 9.37 Å². The first-order valence-electron chi connectivity index (χ1n) is 7.44. The summed E-state index contributed by atoms with van der Waals surface area (Å²) in [4.78, 5) is 20.2. The maximum absolute atomic E-state index is 13.0. The Morgan fingerprint density at radius 3 is 2.96 bits per heavy atom. The lowest BCUT2D eigenvalue weighted by Gasteiger charge is -2.22. The van der Waals surface area contributed by atoms with E-state index in [2.05, 4.69) is 26.8 Å². The molecule has 3 aromatic rings. The minimum atomic E-state index is -0.335. The van der Waals surface area contributed by atoms with Crippen molar-refractivity contribution in [1.82, 2.24) is 14.5 Å². The van der Waals surface area contributed by atoms with E-state index in [1.807, 2.05) is 6.20 Å². The first-order chi connectivity index (χ1) is 11.1. The molecule has 3 heterocycles. The number of nitrogens with zero attached hydrogens (tertiary/aromatic N) is 2. The number of aromatic amines is 1. The Hall–Kier alpha value is -2.89. The van der Waals surface area contributed by atoms with Gasteiger partial charge in [0.25, 0.3) is 5.91 Å². The van der Waals surface area contributed by atoms with Crippen LogP contribution in [0.4, 0.5) is 10.1 Å². The van der Waals surface area contributed by atoms with E-state index in [4.69, 9.17) is 0 Å². The first kappa shape index (κ1) is 13.8. The van der Waals surface area contributed by atoms with Gasteiger partial charge in [-0.3, -0.25) is 4.79 Å². The van der Waals surface area contributed by atoms with Crippen molar-refractivity contribution < 1.29 is 9.18 Å². The van der Waals surface area contributed by atoms with E-state index >= 15 is 0 Å². The van der Waals surface area contributed by atoms with Gasteiger partial charge in [-0.05, 0) is 31.2 Å². The van der Waals surface area contributed by atoms with Gasteiger partial charge in [0.2, 0.25) is 0 Å². The molecule has 23 heavy (non-hydrogen) atoms. The van der Waals surface area contributed by atoms with Crippen LogP contribution in [0.5, 0.6) is 0 Å². The van der Waals surface area contributed by atoms with E-state index < -0.39 is 0 Å². The van der Waals surface area contributed by atoms with Crippen LogP contribution in [0.2, 0.25) is 0 Å². The predicted octanol–water partition coefficient (Wildman–Crippen LogP) is 3.39. The van der Waals surface area contributed by atoms with Crippen LogP contribution in [0.15, 0.2) is 42.9 Å². The number of hydrogen-bond donors (Lipinski definition) is 2. The van der Waals surface area contributed by atoms with E-state index in [9.17, 15) is 9.18 Å². The van der Waals surface area contributed by atoms with Gasteiger partial charge >= 0.3 is 0 Å². The van der Waals surface area contributed by atoms with Crippen molar-refractivity contribution in [2.45, 2.75) is 19.4 Å². The molecule has 6 heteroatoms. The zero-order valence-corrected chi connectivity index (χ0v) is 12.5. The van der Waals surface area contributed by atoms with Crippen LogP contribution in [0.25, 0.3) is 11.4 Å². The largest absolute Gasteiger partial charge is 0.364 e. The van der Waals surface area contributed by atoms with Crippen molar-refractivity contribution in [3.63, 3.8) is 0 Å². The zero-order valence-electron chi connectivity index (χ0n) is 12.5. The van der Waals surface area contributed by atoms with E-state index in [-0.39, 0.29) is 11.7 Å². The van der Waals surface area contributed by atoms with Crippen molar-refractivity contribution in [3.05, 3.63) is 59.9 Å². The topological polar surface area (TPSA) is 62.7 Å². The van der Waals surface area contributed by atoms with E-state index in [1.165, 1.54) is 24.3 Å². The number of anilines is 1. The molecule has 1 amide bonds. The summed E-state index contributed by atoms with van der Waals surface area (Å²) in [5, 5.41) is 2.79.